The fourth-order valence-electron chi connectivity index (χ4n) is 4.36. The third-order valence-electron chi connectivity index (χ3n) is 6.15. The smallest absolute Gasteiger partial charge is 0.295 e. The number of nitrogens with zero attached hydrogens (tertiary/aromatic N) is 3. The summed E-state index contributed by atoms with van der Waals surface area (Å²) in [4.78, 5) is 47.7. The normalized spacial score (nSPS) is 12.9. The first-order valence-electron chi connectivity index (χ1n) is 11.2. The molecule has 34 heavy (non-hydrogen) atoms. The number of hydrogen-bond donors (Lipinski definition) is 2. The summed E-state index contributed by atoms with van der Waals surface area (Å²) in [5, 5.41) is 3.54. The van der Waals surface area contributed by atoms with E-state index >= 15 is 0 Å². The molecule has 0 bridgehead atoms. The van der Waals surface area contributed by atoms with Gasteiger partial charge in [-0.3, -0.25) is 19.1 Å². The van der Waals surface area contributed by atoms with Gasteiger partial charge in [0, 0.05) is 24.1 Å². The van der Waals surface area contributed by atoms with Gasteiger partial charge in [-0.25, -0.2) is 9.67 Å². The van der Waals surface area contributed by atoms with Crippen LogP contribution in [-0.2, 0) is 30.4 Å². The van der Waals surface area contributed by atoms with E-state index in [9.17, 15) is 14.4 Å². The van der Waals surface area contributed by atoms with Crippen LogP contribution >= 0.6 is 23.1 Å². The standard InChI is InChI=1S/C24H25N5O3S2/c1-14-21(24(32)29(28(14)2)15-7-4-3-5-8-15)27-19(30)11-12-33-13-18-25-22(31)20-16-9-6-10-17(16)34-23(20)26-18/h3-5,7-8H,6,9-13H2,1-2H3,(H,27,30)(H,25,26,31). The number of H-pyrrole nitrogens is 1. The van der Waals surface area contributed by atoms with Crippen molar-refractivity contribution in [1.29, 1.82) is 0 Å². The number of carbonyl (C=O) groups is 1. The molecule has 8 nitrogen and oxygen atoms in total. The van der Waals surface area contributed by atoms with Crippen LogP contribution in [0.3, 0.4) is 0 Å². The molecule has 1 amide bonds. The molecule has 0 atom stereocenters. The van der Waals surface area contributed by atoms with E-state index in [0.29, 0.717) is 28.7 Å². The maximum atomic E-state index is 12.9. The zero-order chi connectivity index (χ0) is 23.8. The van der Waals surface area contributed by atoms with Gasteiger partial charge in [0.15, 0.2) is 0 Å². The summed E-state index contributed by atoms with van der Waals surface area (Å²) >= 11 is 3.16. The van der Waals surface area contributed by atoms with Crippen LogP contribution in [0.1, 0.15) is 34.8 Å². The molecule has 4 aromatic rings. The van der Waals surface area contributed by atoms with Crippen molar-refractivity contribution in [3.8, 4) is 5.69 Å². The molecule has 1 aliphatic carbocycles. The molecule has 0 saturated carbocycles. The quantitative estimate of drug-likeness (QED) is 0.382. The van der Waals surface area contributed by atoms with Crippen LogP contribution in [-0.4, -0.2) is 31.0 Å². The minimum atomic E-state index is -0.259. The lowest BCUT2D eigenvalue weighted by Gasteiger charge is -2.07. The Kier molecular flexibility index (Phi) is 6.18. The van der Waals surface area contributed by atoms with Gasteiger partial charge in [-0.05, 0) is 43.9 Å². The van der Waals surface area contributed by atoms with Crippen molar-refractivity contribution in [1.82, 2.24) is 19.3 Å². The first-order chi connectivity index (χ1) is 16.4. The van der Waals surface area contributed by atoms with Gasteiger partial charge in [0.1, 0.15) is 16.3 Å². The summed E-state index contributed by atoms with van der Waals surface area (Å²) in [5.41, 5.74) is 2.57. The third-order valence-corrected chi connectivity index (χ3v) is 8.31. The molecular formula is C24H25N5O3S2. The van der Waals surface area contributed by atoms with Crippen LogP contribution in [0.5, 0.6) is 0 Å². The van der Waals surface area contributed by atoms with E-state index in [0.717, 1.165) is 35.2 Å². The number of amides is 1. The maximum Gasteiger partial charge on any atom is 0.295 e. The number of aryl methyl sites for hydroxylation is 2. The Balaban J connectivity index is 1.20. The van der Waals surface area contributed by atoms with Gasteiger partial charge in [0.2, 0.25) is 5.91 Å². The van der Waals surface area contributed by atoms with Crippen molar-refractivity contribution < 1.29 is 4.79 Å². The number of aromatic nitrogens is 4. The first-order valence-corrected chi connectivity index (χ1v) is 13.2. The summed E-state index contributed by atoms with van der Waals surface area (Å²) in [5.74, 6) is 1.48. The van der Waals surface area contributed by atoms with Crippen molar-refractivity contribution in [3.05, 3.63) is 73.0 Å². The molecule has 5 rings (SSSR count). The van der Waals surface area contributed by atoms with Gasteiger partial charge < -0.3 is 10.3 Å². The zero-order valence-electron chi connectivity index (χ0n) is 19.0. The number of hydrogen-bond acceptors (Lipinski definition) is 6. The van der Waals surface area contributed by atoms with Crippen molar-refractivity contribution in [2.45, 2.75) is 38.4 Å². The summed E-state index contributed by atoms with van der Waals surface area (Å²) in [6.07, 6.45) is 3.36. The fourth-order valence-corrected chi connectivity index (χ4v) is 6.45. The molecule has 0 radical (unpaired) electrons. The molecule has 3 aromatic heterocycles. The number of anilines is 1. The van der Waals surface area contributed by atoms with Gasteiger partial charge in [-0.2, -0.15) is 11.8 Å². The topological polar surface area (TPSA) is 102 Å². The van der Waals surface area contributed by atoms with Crippen molar-refractivity contribution in [2.24, 2.45) is 7.05 Å². The van der Waals surface area contributed by atoms with Crippen LogP contribution in [0.4, 0.5) is 5.69 Å². The Morgan fingerprint density at radius 3 is 2.82 bits per heavy atom. The number of benzene rings is 1. The van der Waals surface area contributed by atoms with E-state index in [4.69, 9.17) is 0 Å². The molecule has 10 heteroatoms. The van der Waals surface area contributed by atoms with Crippen LogP contribution in [0.25, 0.3) is 15.9 Å². The van der Waals surface area contributed by atoms with Gasteiger partial charge in [-0.15, -0.1) is 11.3 Å². The van der Waals surface area contributed by atoms with Crippen LogP contribution in [0.15, 0.2) is 39.9 Å². The van der Waals surface area contributed by atoms with Crippen LogP contribution in [0, 0.1) is 6.92 Å². The number of fused-ring (bicyclic) bond motifs is 3. The van der Waals surface area contributed by atoms with Crippen LogP contribution < -0.4 is 16.4 Å². The van der Waals surface area contributed by atoms with Gasteiger partial charge in [-0.1, -0.05) is 18.2 Å². The molecule has 1 aliphatic rings. The Bertz CT molecular complexity index is 1500. The van der Waals surface area contributed by atoms with E-state index in [-0.39, 0.29) is 23.4 Å². The lowest BCUT2D eigenvalue weighted by molar-refractivity contribution is -0.115. The minimum Gasteiger partial charge on any atom is -0.320 e. The molecule has 3 heterocycles. The Morgan fingerprint density at radius 1 is 1.24 bits per heavy atom. The molecule has 1 aromatic carbocycles. The van der Waals surface area contributed by atoms with Crippen molar-refractivity contribution in [2.75, 3.05) is 11.1 Å². The molecule has 0 fully saturated rings. The molecule has 176 valence electrons. The largest absolute Gasteiger partial charge is 0.320 e. The van der Waals surface area contributed by atoms with Crippen molar-refractivity contribution in [3.63, 3.8) is 0 Å². The highest BCUT2D eigenvalue weighted by atomic mass is 32.2. The molecule has 2 N–H and O–H groups in total. The number of aromatic amines is 1. The van der Waals surface area contributed by atoms with E-state index in [2.05, 4.69) is 15.3 Å². The number of thiophene rings is 1. The summed E-state index contributed by atoms with van der Waals surface area (Å²) in [6, 6.07) is 9.32. The highest BCUT2D eigenvalue weighted by Crippen LogP contribution is 2.34. The second-order valence-electron chi connectivity index (χ2n) is 8.34. The predicted octanol–water partition coefficient (Wildman–Crippen LogP) is 3.53. The summed E-state index contributed by atoms with van der Waals surface area (Å²) in [6.45, 7) is 1.81. The van der Waals surface area contributed by atoms with E-state index in [1.807, 2.05) is 37.3 Å². The molecular weight excluding hydrogens is 470 g/mol. The molecule has 0 unspecified atom stereocenters. The molecule has 0 aliphatic heterocycles. The monoisotopic (exact) mass is 495 g/mol. The summed E-state index contributed by atoms with van der Waals surface area (Å²) < 4.78 is 3.28. The maximum absolute atomic E-state index is 12.9. The number of para-hydroxylation sites is 1. The fraction of sp³-hybridized carbons (Fsp3) is 0.333. The van der Waals surface area contributed by atoms with E-state index in [1.54, 1.807) is 23.1 Å². The van der Waals surface area contributed by atoms with Gasteiger partial charge in [0.25, 0.3) is 11.1 Å². The summed E-state index contributed by atoms with van der Waals surface area (Å²) in [7, 11) is 1.79. The van der Waals surface area contributed by atoms with E-state index in [1.165, 1.54) is 26.9 Å². The Labute approximate surface area is 204 Å². The highest BCUT2D eigenvalue weighted by molar-refractivity contribution is 7.98. The molecule has 0 spiro atoms. The predicted molar refractivity (Wildman–Crippen MR) is 137 cm³/mol. The minimum absolute atomic E-state index is 0.0630. The molecule has 0 saturated heterocycles. The Morgan fingerprint density at radius 2 is 2.03 bits per heavy atom. The van der Waals surface area contributed by atoms with E-state index < -0.39 is 0 Å². The number of nitrogens with one attached hydrogen (secondary N) is 2. The first kappa shape index (κ1) is 22.7. The Hall–Kier alpha value is -3.11. The second kappa shape index (κ2) is 9.27. The highest BCUT2D eigenvalue weighted by Gasteiger charge is 2.21. The zero-order valence-corrected chi connectivity index (χ0v) is 20.6. The van der Waals surface area contributed by atoms with Crippen molar-refractivity contribution >= 4 is 44.9 Å². The lowest BCUT2D eigenvalue weighted by Crippen LogP contribution is -2.23. The third kappa shape index (κ3) is 4.12. The SMILES string of the molecule is Cc1c(NC(=O)CCSCc2nc3sc4c(c3c(=O)[nH]2)CCC4)c(=O)n(-c2ccccc2)n1C. The van der Waals surface area contributed by atoms with Crippen LogP contribution in [0.2, 0.25) is 0 Å². The average Bonchev–Trinajstić information content (AvgIpc) is 3.46. The van der Waals surface area contributed by atoms with Gasteiger partial charge >= 0.3 is 0 Å². The van der Waals surface area contributed by atoms with Gasteiger partial charge in [0.05, 0.1) is 22.5 Å². The number of carbonyl (C=O) groups excluding carboxylic acids is 1. The average molecular weight is 496 g/mol. The second-order valence-corrected chi connectivity index (χ2v) is 10.5. The number of rotatable bonds is 7. The number of thioether (sulfide) groups is 1. The lowest BCUT2D eigenvalue weighted by atomic mass is 10.2.